The SMILES string of the molecule is O=C(O)CCn1cc(S(=O)(=O)Nc2cccc(F)c2)cn1. The number of nitrogens with one attached hydrogen (secondary N) is 1. The van der Waals surface area contributed by atoms with E-state index in [2.05, 4.69) is 9.82 Å². The zero-order chi connectivity index (χ0) is 15.5. The number of rotatable bonds is 6. The third-order valence-electron chi connectivity index (χ3n) is 2.55. The van der Waals surface area contributed by atoms with Gasteiger partial charge in [0.05, 0.1) is 24.8 Å². The summed E-state index contributed by atoms with van der Waals surface area (Å²) in [6, 6.07) is 5.03. The molecule has 7 nitrogen and oxygen atoms in total. The number of carboxylic acids is 1. The molecule has 0 radical (unpaired) electrons. The molecule has 2 aromatic rings. The van der Waals surface area contributed by atoms with Gasteiger partial charge in [-0.3, -0.25) is 14.2 Å². The van der Waals surface area contributed by atoms with Crippen LogP contribution in [0.3, 0.4) is 0 Å². The normalized spacial score (nSPS) is 11.3. The van der Waals surface area contributed by atoms with Gasteiger partial charge in [0.2, 0.25) is 0 Å². The third kappa shape index (κ3) is 4.02. The topological polar surface area (TPSA) is 101 Å². The van der Waals surface area contributed by atoms with Crippen LogP contribution in [0.1, 0.15) is 6.42 Å². The van der Waals surface area contributed by atoms with Gasteiger partial charge in [0, 0.05) is 6.20 Å². The Morgan fingerprint density at radius 2 is 2.19 bits per heavy atom. The molecule has 0 aliphatic carbocycles. The van der Waals surface area contributed by atoms with Crippen molar-refractivity contribution in [3.05, 3.63) is 42.5 Å². The molecule has 2 rings (SSSR count). The molecule has 112 valence electrons. The molecule has 0 amide bonds. The van der Waals surface area contributed by atoms with E-state index in [-0.39, 0.29) is 23.5 Å². The average Bonchev–Trinajstić information content (AvgIpc) is 2.85. The van der Waals surface area contributed by atoms with Crippen LogP contribution in [-0.2, 0) is 21.4 Å². The van der Waals surface area contributed by atoms with Gasteiger partial charge in [0.1, 0.15) is 10.7 Å². The Balaban J connectivity index is 2.14. The van der Waals surface area contributed by atoms with Crippen LogP contribution in [0.5, 0.6) is 0 Å². The van der Waals surface area contributed by atoms with E-state index in [1.807, 2.05) is 0 Å². The van der Waals surface area contributed by atoms with Crippen molar-refractivity contribution in [2.24, 2.45) is 0 Å². The van der Waals surface area contributed by atoms with Crippen LogP contribution in [0.4, 0.5) is 10.1 Å². The van der Waals surface area contributed by atoms with E-state index in [0.717, 1.165) is 12.3 Å². The van der Waals surface area contributed by atoms with Crippen molar-refractivity contribution in [1.82, 2.24) is 9.78 Å². The fraction of sp³-hybridized carbons (Fsp3) is 0.167. The minimum absolute atomic E-state index is 0.0603. The van der Waals surface area contributed by atoms with Crippen LogP contribution >= 0.6 is 0 Å². The Kier molecular flexibility index (Phi) is 4.22. The quantitative estimate of drug-likeness (QED) is 0.837. The Hall–Kier alpha value is -2.42. The molecule has 1 heterocycles. The number of hydrogen-bond acceptors (Lipinski definition) is 4. The van der Waals surface area contributed by atoms with E-state index in [1.54, 1.807) is 0 Å². The number of carboxylic acid groups (broad SMARTS) is 1. The lowest BCUT2D eigenvalue weighted by molar-refractivity contribution is -0.137. The number of aliphatic carboxylic acids is 1. The van der Waals surface area contributed by atoms with Crippen molar-refractivity contribution < 1.29 is 22.7 Å². The molecule has 1 aromatic carbocycles. The molecular formula is C12H12FN3O4S. The summed E-state index contributed by atoms with van der Waals surface area (Å²) in [5.74, 6) is -1.57. The van der Waals surface area contributed by atoms with Gasteiger partial charge in [0.15, 0.2) is 0 Å². The highest BCUT2D eigenvalue weighted by molar-refractivity contribution is 7.92. The number of hydrogen-bond donors (Lipinski definition) is 2. The molecule has 0 aliphatic rings. The van der Waals surface area contributed by atoms with Crippen molar-refractivity contribution in [2.45, 2.75) is 17.9 Å². The monoisotopic (exact) mass is 313 g/mol. The minimum Gasteiger partial charge on any atom is -0.481 e. The molecule has 0 saturated carbocycles. The summed E-state index contributed by atoms with van der Waals surface area (Å²) in [6.07, 6.45) is 2.15. The molecular weight excluding hydrogens is 301 g/mol. The molecule has 0 unspecified atom stereocenters. The summed E-state index contributed by atoms with van der Waals surface area (Å²) in [5.41, 5.74) is 0.0910. The number of sulfonamides is 1. The number of halogens is 1. The molecule has 1 aromatic heterocycles. The molecule has 21 heavy (non-hydrogen) atoms. The van der Waals surface area contributed by atoms with Crippen molar-refractivity contribution >= 4 is 21.7 Å². The van der Waals surface area contributed by atoms with Gasteiger partial charge in [0.25, 0.3) is 10.0 Å². The maximum atomic E-state index is 13.0. The van der Waals surface area contributed by atoms with Crippen molar-refractivity contribution in [2.75, 3.05) is 4.72 Å². The zero-order valence-corrected chi connectivity index (χ0v) is 11.5. The van der Waals surface area contributed by atoms with E-state index in [9.17, 15) is 17.6 Å². The second kappa shape index (κ2) is 5.92. The maximum absolute atomic E-state index is 13.0. The van der Waals surface area contributed by atoms with Crippen molar-refractivity contribution in [3.63, 3.8) is 0 Å². The highest BCUT2D eigenvalue weighted by atomic mass is 32.2. The molecule has 0 spiro atoms. The number of aromatic nitrogens is 2. The summed E-state index contributed by atoms with van der Waals surface area (Å²) in [4.78, 5) is 10.3. The Labute approximate surface area is 120 Å². The van der Waals surface area contributed by atoms with Gasteiger partial charge in [-0.15, -0.1) is 0 Å². The highest BCUT2D eigenvalue weighted by Gasteiger charge is 2.17. The summed E-state index contributed by atoms with van der Waals surface area (Å²) in [5, 5.41) is 12.3. The first-order chi connectivity index (χ1) is 9.87. The lowest BCUT2D eigenvalue weighted by Crippen LogP contribution is -2.12. The van der Waals surface area contributed by atoms with E-state index >= 15 is 0 Å². The second-order valence-corrected chi connectivity index (χ2v) is 5.88. The fourth-order valence-corrected chi connectivity index (χ4v) is 2.58. The van der Waals surface area contributed by atoms with Crippen LogP contribution in [0.25, 0.3) is 0 Å². The van der Waals surface area contributed by atoms with E-state index in [1.165, 1.54) is 29.1 Å². The molecule has 0 bridgehead atoms. The maximum Gasteiger partial charge on any atom is 0.305 e. The van der Waals surface area contributed by atoms with Gasteiger partial charge >= 0.3 is 5.97 Å². The van der Waals surface area contributed by atoms with E-state index in [4.69, 9.17) is 5.11 Å². The smallest absolute Gasteiger partial charge is 0.305 e. The predicted molar refractivity (Wildman–Crippen MR) is 71.7 cm³/mol. The summed E-state index contributed by atoms with van der Waals surface area (Å²) >= 11 is 0. The van der Waals surface area contributed by atoms with Crippen LogP contribution in [-0.4, -0.2) is 29.3 Å². The van der Waals surface area contributed by atoms with Gasteiger partial charge in [-0.1, -0.05) is 6.07 Å². The molecule has 2 N–H and O–H groups in total. The summed E-state index contributed by atoms with van der Waals surface area (Å²) in [7, 11) is -3.90. The Bertz CT molecular complexity index is 757. The number of carbonyl (C=O) groups is 1. The molecule has 0 atom stereocenters. The van der Waals surface area contributed by atoms with Gasteiger partial charge in [-0.05, 0) is 18.2 Å². The van der Waals surface area contributed by atoms with Crippen LogP contribution < -0.4 is 4.72 Å². The first-order valence-electron chi connectivity index (χ1n) is 5.89. The zero-order valence-electron chi connectivity index (χ0n) is 10.7. The van der Waals surface area contributed by atoms with Crippen molar-refractivity contribution in [3.8, 4) is 0 Å². The highest BCUT2D eigenvalue weighted by Crippen LogP contribution is 2.16. The molecule has 0 aliphatic heterocycles. The van der Waals surface area contributed by atoms with Gasteiger partial charge < -0.3 is 5.11 Å². The molecule has 0 fully saturated rings. The van der Waals surface area contributed by atoms with Gasteiger partial charge in [-0.25, -0.2) is 12.8 Å². The van der Waals surface area contributed by atoms with Gasteiger partial charge in [-0.2, -0.15) is 5.10 Å². The minimum atomic E-state index is -3.90. The van der Waals surface area contributed by atoms with Crippen LogP contribution in [0.2, 0.25) is 0 Å². The third-order valence-corrected chi connectivity index (χ3v) is 3.89. The number of aryl methyl sites for hydroxylation is 1. The van der Waals surface area contributed by atoms with Crippen LogP contribution in [0, 0.1) is 5.82 Å². The number of anilines is 1. The lowest BCUT2D eigenvalue weighted by Gasteiger charge is -2.05. The summed E-state index contributed by atoms with van der Waals surface area (Å²) < 4.78 is 40.6. The van der Waals surface area contributed by atoms with Crippen LogP contribution in [0.15, 0.2) is 41.6 Å². The second-order valence-electron chi connectivity index (χ2n) is 4.20. The lowest BCUT2D eigenvalue weighted by atomic mass is 10.3. The predicted octanol–water partition coefficient (Wildman–Crippen LogP) is 1.30. The number of benzene rings is 1. The largest absolute Gasteiger partial charge is 0.481 e. The summed E-state index contributed by atoms with van der Waals surface area (Å²) in [6.45, 7) is 0.0603. The standard InChI is InChI=1S/C12H12FN3O4S/c13-9-2-1-3-10(6-9)15-21(19,20)11-7-14-16(8-11)5-4-12(17)18/h1-3,6-8,15H,4-5H2,(H,17,18). The average molecular weight is 313 g/mol. The first kappa shape index (κ1) is 15.0. The number of nitrogens with zero attached hydrogens (tertiary/aromatic N) is 2. The fourth-order valence-electron chi connectivity index (χ4n) is 1.58. The molecule has 0 saturated heterocycles. The van der Waals surface area contributed by atoms with E-state index in [0.29, 0.717) is 0 Å². The van der Waals surface area contributed by atoms with E-state index < -0.39 is 21.8 Å². The van der Waals surface area contributed by atoms with Crippen molar-refractivity contribution in [1.29, 1.82) is 0 Å². The molecule has 9 heteroatoms. The Morgan fingerprint density at radius 1 is 1.43 bits per heavy atom. The Morgan fingerprint density at radius 3 is 2.86 bits per heavy atom. The first-order valence-corrected chi connectivity index (χ1v) is 7.38.